The molecule has 0 atom stereocenters. The van der Waals surface area contributed by atoms with E-state index in [2.05, 4.69) is 15.1 Å². The molecular weight excluding hydrogens is 251 g/mol. The molecule has 0 N–H and O–H groups in total. The number of nitriles is 1. The summed E-state index contributed by atoms with van der Waals surface area (Å²) in [5, 5.41) is 15.4. The van der Waals surface area contributed by atoms with Crippen molar-refractivity contribution in [2.24, 2.45) is 0 Å². The number of thiazole rings is 1. The average Bonchev–Trinajstić information content (AvgIpc) is 2.95. The monoisotopic (exact) mass is 258 g/mol. The Hall–Kier alpha value is -2.14. The molecule has 0 amide bonds. The molecule has 0 unspecified atom stereocenters. The summed E-state index contributed by atoms with van der Waals surface area (Å²) in [6.07, 6.45) is 0. The lowest BCUT2D eigenvalue weighted by molar-refractivity contribution is 0.388. The van der Waals surface area contributed by atoms with Crippen molar-refractivity contribution >= 4 is 30.7 Å². The van der Waals surface area contributed by atoms with Gasteiger partial charge in [-0.2, -0.15) is 10.2 Å². The molecule has 0 aromatic carbocycles. The van der Waals surface area contributed by atoms with Crippen LogP contribution in [0.1, 0.15) is 22.4 Å². The summed E-state index contributed by atoms with van der Waals surface area (Å²) in [5.41, 5.74) is 0.644. The highest BCUT2D eigenvalue weighted by Gasteiger charge is 2.18. The third-order valence-corrected chi connectivity index (χ3v) is 2.84. The Kier molecular flexibility index (Phi) is 3.44. The molecule has 0 aliphatic heterocycles. The van der Waals surface area contributed by atoms with E-state index in [-0.39, 0.29) is 17.2 Å². The molecule has 2 radical (unpaired) electrons. The molecule has 0 spiro atoms. The van der Waals surface area contributed by atoms with E-state index in [0.29, 0.717) is 11.6 Å². The van der Waals surface area contributed by atoms with Gasteiger partial charge in [0, 0.05) is 12.3 Å². The maximum absolute atomic E-state index is 9.19. The molecule has 0 aliphatic carbocycles. The van der Waals surface area contributed by atoms with Gasteiger partial charge >= 0.3 is 8.05 Å². The molecule has 2 heterocycles. The summed E-state index contributed by atoms with van der Waals surface area (Å²) in [6, 6.07) is 1.99. The summed E-state index contributed by atoms with van der Waals surface area (Å²) in [6.45, 7) is 3.47. The lowest BCUT2D eigenvalue weighted by Gasteiger charge is -2.03. The quantitative estimate of drug-likeness (QED) is 0.472. The van der Waals surface area contributed by atoms with Gasteiger partial charge in [0.25, 0.3) is 0 Å². The first-order chi connectivity index (χ1) is 8.65. The van der Waals surface area contributed by atoms with Gasteiger partial charge in [0.05, 0.1) is 10.7 Å². The molecule has 0 bridgehead atoms. The fourth-order valence-electron chi connectivity index (χ4n) is 1.32. The van der Waals surface area contributed by atoms with Crippen LogP contribution in [-0.2, 0) is 4.65 Å². The lowest BCUT2D eigenvalue weighted by Crippen LogP contribution is -1.97. The molecule has 0 aliphatic rings. The summed E-state index contributed by atoms with van der Waals surface area (Å²) >= 11 is 1.42. The molecule has 8 heteroatoms. The zero-order valence-corrected chi connectivity index (χ0v) is 10.5. The molecule has 6 nitrogen and oxygen atoms in total. The molecule has 0 fully saturated rings. The van der Waals surface area contributed by atoms with Crippen molar-refractivity contribution in [3.63, 3.8) is 0 Å². The van der Waals surface area contributed by atoms with Crippen LogP contribution in [0.3, 0.4) is 0 Å². The Balaban J connectivity index is 2.56. The number of rotatable bonds is 3. The van der Waals surface area contributed by atoms with Gasteiger partial charge < -0.3 is 9.18 Å². The highest BCUT2D eigenvalue weighted by molar-refractivity contribution is 7.09. The molecule has 88 valence electrons. The van der Waals surface area contributed by atoms with Gasteiger partial charge in [0.15, 0.2) is 5.76 Å². The summed E-state index contributed by atoms with van der Waals surface area (Å²) < 4.78 is 9.53. The predicted octanol–water partition coefficient (Wildman–Crippen LogP) is 1.63. The summed E-state index contributed by atoms with van der Waals surface area (Å²) in [4.78, 5) is 8.17. The number of nitrogens with zero attached hydrogens (tertiary/aromatic N) is 4. The van der Waals surface area contributed by atoms with Crippen molar-refractivity contribution in [1.29, 1.82) is 5.26 Å². The molecular formula is C10H7BN4O2S. The smallest absolute Gasteiger partial charge is 0.374 e. The van der Waals surface area contributed by atoms with E-state index in [1.807, 2.05) is 13.0 Å². The van der Waals surface area contributed by atoms with Crippen molar-refractivity contribution in [3.8, 4) is 6.07 Å². The van der Waals surface area contributed by atoms with Crippen molar-refractivity contribution in [2.45, 2.75) is 13.8 Å². The van der Waals surface area contributed by atoms with Crippen LogP contribution < -0.4 is 0 Å². The second-order valence-electron chi connectivity index (χ2n) is 3.32. The number of aromatic nitrogens is 3. The number of hydrogen-bond donors (Lipinski definition) is 0. The molecule has 2 rings (SSSR count). The molecule has 2 aromatic rings. The molecule has 0 saturated heterocycles. The second-order valence-corrected chi connectivity index (χ2v) is 4.38. The first kappa shape index (κ1) is 12.3. The third-order valence-electron chi connectivity index (χ3n) is 2.06. The fraction of sp³-hybridized carbons (Fsp3) is 0.200. The van der Waals surface area contributed by atoms with E-state index in [1.54, 1.807) is 12.3 Å². The summed E-state index contributed by atoms with van der Waals surface area (Å²) in [7, 11) is 5.18. The third kappa shape index (κ3) is 2.26. The lowest BCUT2D eigenvalue weighted by atomic mass is 10.2. The van der Waals surface area contributed by atoms with E-state index in [9.17, 15) is 5.26 Å². The standard InChI is InChI=1S/C10H7BN4O2S/c1-5-13-10(15-17-5)9(16-11)7(3-12)8-4-18-6(2)14-8/h4H,1-2H3. The van der Waals surface area contributed by atoms with Crippen LogP contribution in [0.5, 0.6) is 0 Å². The van der Waals surface area contributed by atoms with Gasteiger partial charge in [0.1, 0.15) is 11.6 Å². The van der Waals surface area contributed by atoms with Crippen LogP contribution in [0.25, 0.3) is 11.3 Å². The normalized spacial score (nSPS) is 11.8. The van der Waals surface area contributed by atoms with Crippen molar-refractivity contribution < 1.29 is 9.18 Å². The Morgan fingerprint density at radius 1 is 1.50 bits per heavy atom. The van der Waals surface area contributed by atoms with Crippen LogP contribution in [0, 0.1) is 25.2 Å². The van der Waals surface area contributed by atoms with E-state index in [0.717, 1.165) is 5.01 Å². The molecule has 18 heavy (non-hydrogen) atoms. The van der Waals surface area contributed by atoms with E-state index in [4.69, 9.17) is 17.2 Å². The highest BCUT2D eigenvalue weighted by atomic mass is 32.1. The largest absolute Gasteiger partial charge is 0.564 e. The Bertz CT molecular complexity index is 640. The highest BCUT2D eigenvalue weighted by Crippen LogP contribution is 2.25. The summed E-state index contributed by atoms with van der Waals surface area (Å²) in [5.74, 6) is 0.517. The second kappa shape index (κ2) is 5.02. The predicted molar refractivity (Wildman–Crippen MR) is 65.2 cm³/mol. The first-order valence-electron chi connectivity index (χ1n) is 4.90. The van der Waals surface area contributed by atoms with Gasteiger partial charge in [-0.25, -0.2) is 4.98 Å². The fourth-order valence-corrected chi connectivity index (χ4v) is 1.92. The van der Waals surface area contributed by atoms with E-state index >= 15 is 0 Å². The molecule has 0 saturated carbocycles. The zero-order valence-electron chi connectivity index (χ0n) is 9.67. The van der Waals surface area contributed by atoms with Crippen molar-refractivity contribution in [1.82, 2.24) is 15.1 Å². The SMILES string of the molecule is [B]OC(=C(C#N)c1csc(C)n1)c1noc(C)n1. The van der Waals surface area contributed by atoms with Crippen LogP contribution in [0.2, 0.25) is 0 Å². The Labute approximate surface area is 108 Å². The van der Waals surface area contributed by atoms with Gasteiger partial charge in [-0.1, -0.05) is 5.16 Å². The zero-order chi connectivity index (χ0) is 13.1. The van der Waals surface area contributed by atoms with Crippen LogP contribution in [-0.4, -0.2) is 23.2 Å². The minimum Gasteiger partial charge on any atom is -0.564 e. The number of allylic oxidation sites excluding steroid dienone is 1. The first-order valence-corrected chi connectivity index (χ1v) is 5.78. The number of aryl methyl sites for hydroxylation is 2. The minimum atomic E-state index is 0.0413. The van der Waals surface area contributed by atoms with Gasteiger partial charge in [-0.05, 0) is 6.92 Å². The average molecular weight is 258 g/mol. The van der Waals surface area contributed by atoms with Gasteiger partial charge in [-0.15, -0.1) is 11.3 Å². The number of hydrogen-bond acceptors (Lipinski definition) is 7. The molecule has 2 aromatic heterocycles. The topological polar surface area (TPSA) is 84.8 Å². The van der Waals surface area contributed by atoms with E-state index in [1.165, 1.54) is 11.3 Å². The van der Waals surface area contributed by atoms with Gasteiger partial charge in [-0.3, -0.25) is 0 Å². The maximum Gasteiger partial charge on any atom is 0.374 e. The van der Waals surface area contributed by atoms with Crippen molar-refractivity contribution in [2.75, 3.05) is 0 Å². The minimum absolute atomic E-state index is 0.0413. The van der Waals surface area contributed by atoms with Crippen LogP contribution >= 0.6 is 11.3 Å². The van der Waals surface area contributed by atoms with Crippen LogP contribution in [0.15, 0.2) is 9.90 Å². The van der Waals surface area contributed by atoms with Crippen LogP contribution in [0.4, 0.5) is 0 Å². The Morgan fingerprint density at radius 3 is 2.72 bits per heavy atom. The Morgan fingerprint density at radius 2 is 2.28 bits per heavy atom. The van der Waals surface area contributed by atoms with Gasteiger partial charge in [0.2, 0.25) is 11.7 Å². The van der Waals surface area contributed by atoms with Crippen molar-refractivity contribution in [3.05, 3.63) is 27.8 Å². The maximum atomic E-state index is 9.19. The van der Waals surface area contributed by atoms with E-state index < -0.39 is 0 Å².